The van der Waals surface area contributed by atoms with E-state index in [1.54, 1.807) is 18.2 Å². The molecule has 0 spiro atoms. The molecule has 0 atom stereocenters. The molecular formula is C15H11Cl3N2OS. The van der Waals surface area contributed by atoms with Gasteiger partial charge in [0.15, 0.2) is 5.11 Å². The topological polar surface area (TPSA) is 41.1 Å². The molecule has 22 heavy (non-hydrogen) atoms. The lowest BCUT2D eigenvalue weighted by atomic mass is 10.2. The van der Waals surface area contributed by atoms with Gasteiger partial charge in [-0.1, -0.05) is 40.9 Å². The van der Waals surface area contributed by atoms with Gasteiger partial charge in [-0.3, -0.25) is 10.1 Å². The maximum Gasteiger partial charge on any atom is 0.258 e. The molecule has 7 heteroatoms. The van der Waals surface area contributed by atoms with Crippen molar-refractivity contribution in [2.75, 3.05) is 5.32 Å². The van der Waals surface area contributed by atoms with Crippen molar-refractivity contribution in [3.8, 4) is 0 Å². The predicted octanol–water partition coefficient (Wildman–Crippen LogP) is 5.08. The molecule has 1 amide bonds. The van der Waals surface area contributed by atoms with E-state index < -0.39 is 5.91 Å². The highest BCUT2D eigenvalue weighted by atomic mass is 35.5. The highest BCUT2D eigenvalue weighted by molar-refractivity contribution is 7.80. The number of nitrogens with one attached hydrogen (secondary N) is 2. The van der Waals surface area contributed by atoms with Crippen LogP contribution in [0.15, 0.2) is 36.4 Å². The van der Waals surface area contributed by atoms with Crippen molar-refractivity contribution in [2.24, 2.45) is 0 Å². The van der Waals surface area contributed by atoms with Crippen molar-refractivity contribution in [2.45, 2.75) is 6.92 Å². The largest absolute Gasteiger partial charge is 0.332 e. The van der Waals surface area contributed by atoms with Crippen LogP contribution in [0.3, 0.4) is 0 Å². The number of amides is 1. The standard InChI is InChI=1S/C15H11Cl3N2OS/c1-8-2-3-10(17)7-13(8)19-15(22)20-14(21)11-5-4-9(16)6-12(11)18/h2-7H,1H3,(H2,19,20,21,22). The molecule has 0 saturated carbocycles. The maximum absolute atomic E-state index is 12.1. The average Bonchev–Trinajstić information content (AvgIpc) is 2.42. The Morgan fingerprint density at radius 2 is 1.68 bits per heavy atom. The third-order valence-corrected chi connectivity index (χ3v) is 3.84. The molecule has 0 fully saturated rings. The van der Waals surface area contributed by atoms with E-state index in [1.807, 2.05) is 13.0 Å². The second-order valence-corrected chi connectivity index (χ2v) is 6.18. The molecule has 2 rings (SSSR count). The number of aryl methyl sites for hydroxylation is 1. The van der Waals surface area contributed by atoms with Gasteiger partial charge in [0.05, 0.1) is 10.6 Å². The van der Waals surface area contributed by atoms with Gasteiger partial charge in [0, 0.05) is 15.7 Å². The van der Waals surface area contributed by atoms with Crippen molar-refractivity contribution in [1.82, 2.24) is 5.32 Å². The number of rotatable bonds is 2. The Bertz CT molecular complexity index is 750. The molecule has 0 aromatic heterocycles. The van der Waals surface area contributed by atoms with Crippen LogP contribution in [-0.4, -0.2) is 11.0 Å². The number of carbonyl (C=O) groups excluding carboxylic acids is 1. The summed E-state index contributed by atoms with van der Waals surface area (Å²) in [4.78, 5) is 12.1. The lowest BCUT2D eigenvalue weighted by Gasteiger charge is -2.12. The van der Waals surface area contributed by atoms with Crippen LogP contribution in [0.25, 0.3) is 0 Å². The first-order valence-corrected chi connectivity index (χ1v) is 7.74. The van der Waals surface area contributed by atoms with Crippen LogP contribution in [-0.2, 0) is 0 Å². The average molecular weight is 374 g/mol. The van der Waals surface area contributed by atoms with Crippen molar-refractivity contribution < 1.29 is 4.79 Å². The van der Waals surface area contributed by atoms with Gasteiger partial charge < -0.3 is 5.32 Å². The van der Waals surface area contributed by atoms with Crippen molar-refractivity contribution in [1.29, 1.82) is 0 Å². The minimum absolute atomic E-state index is 0.154. The van der Waals surface area contributed by atoms with Crippen LogP contribution in [0, 0.1) is 6.92 Å². The number of carbonyl (C=O) groups is 1. The molecule has 0 unspecified atom stereocenters. The third kappa shape index (κ3) is 4.34. The number of hydrogen-bond acceptors (Lipinski definition) is 2. The monoisotopic (exact) mass is 372 g/mol. The van der Waals surface area contributed by atoms with Gasteiger partial charge in [-0.2, -0.15) is 0 Å². The summed E-state index contributed by atoms with van der Waals surface area (Å²) in [5.41, 5.74) is 1.96. The third-order valence-electron chi connectivity index (χ3n) is 2.85. The van der Waals surface area contributed by atoms with Gasteiger partial charge in [0.1, 0.15) is 0 Å². The van der Waals surface area contributed by atoms with E-state index in [1.165, 1.54) is 12.1 Å². The van der Waals surface area contributed by atoms with Crippen LogP contribution in [0.4, 0.5) is 5.69 Å². The molecule has 0 radical (unpaired) electrons. The second kappa shape index (κ2) is 7.29. The first-order valence-electron chi connectivity index (χ1n) is 6.20. The lowest BCUT2D eigenvalue weighted by molar-refractivity contribution is 0.0978. The van der Waals surface area contributed by atoms with E-state index in [0.717, 1.165) is 11.3 Å². The summed E-state index contributed by atoms with van der Waals surface area (Å²) in [5, 5.41) is 6.93. The smallest absolute Gasteiger partial charge is 0.258 e. The number of hydrogen-bond donors (Lipinski definition) is 2. The minimum Gasteiger partial charge on any atom is -0.332 e. The van der Waals surface area contributed by atoms with Crippen LogP contribution < -0.4 is 10.6 Å². The van der Waals surface area contributed by atoms with Gasteiger partial charge in [0.2, 0.25) is 0 Å². The molecule has 0 aliphatic carbocycles. The first kappa shape index (κ1) is 17.0. The summed E-state index contributed by atoms with van der Waals surface area (Å²) in [7, 11) is 0. The van der Waals surface area contributed by atoms with Crippen LogP contribution in [0.5, 0.6) is 0 Å². The molecular weight excluding hydrogens is 363 g/mol. The Morgan fingerprint density at radius 1 is 1.05 bits per heavy atom. The van der Waals surface area contributed by atoms with Crippen molar-refractivity contribution >= 4 is 63.7 Å². The Hall–Kier alpha value is -1.33. The van der Waals surface area contributed by atoms with Gasteiger partial charge in [-0.05, 0) is 55.0 Å². The van der Waals surface area contributed by atoms with E-state index in [2.05, 4.69) is 10.6 Å². The van der Waals surface area contributed by atoms with Crippen molar-refractivity contribution in [3.05, 3.63) is 62.6 Å². The normalized spacial score (nSPS) is 10.2. The van der Waals surface area contributed by atoms with Gasteiger partial charge in [0.25, 0.3) is 5.91 Å². The SMILES string of the molecule is Cc1ccc(Cl)cc1NC(=S)NC(=O)c1ccc(Cl)cc1Cl. The lowest BCUT2D eigenvalue weighted by Crippen LogP contribution is -2.34. The number of anilines is 1. The van der Waals surface area contributed by atoms with E-state index in [4.69, 9.17) is 47.0 Å². The summed E-state index contributed by atoms with van der Waals surface area (Å²) < 4.78 is 0. The highest BCUT2D eigenvalue weighted by Crippen LogP contribution is 2.22. The molecule has 2 aromatic rings. The minimum atomic E-state index is -0.418. The molecule has 0 aliphatic heterocycles. The van der Waals surface area contributed by atoms with Crippen LogP contribution in [0.2, 0.25) is 15.1 Å². The fraction of sp³-hybridized carbons (Fsp3) is 0.0667. The summed E-state index contributed by atoms with van der Waals surface area (Å²) in [5.74, 6) is -0.418. The van der Waals surface area contributed by atoms with Crippen LogP contribution in [0.1, 0.15) is 15.9 Å². The molecule has 2 N–H and O–H groups in total. The van der Waals surface area contributed by atoms with E-state index >= 15 is 0 Å². The molecule has 2 aromatic carbocycles. The van der Waals surface area contributed by atoms with Gasteiger partial charge >= 0.3 is 0 Å². The van der Waals surface area contributed by atoms with Gasteiger partial charge in [-0.25, -0.2) is 0 Å². The maximum atomic E-state index is 12.1. The summed E-state index contributed by atoms with van der Waals surface area (Å²) in [6, 6.07) is 9.97. The zero-order valence-electron chi connectivity index (χ0n) is 11.4. The molecule has 0 heterocycles. The Balaban J connectivity index is 2.08. The molecule has 0 aliphatic rings. The Kier molecular flexibility index (Phi) is 5.64. The molecule has 0 saturated heterocycles. The fourth-order valence-corrected chi connectivity index (χ4v) is 2.60. The zero-order chi connectivity index (χ0) is 16.3. The van der Waals surface area contributed by atoms with Gasteiger partial charge in [-0.15, -0.1) is 0 Å². The van der Waals surface area contributed by atoms with E-state index in [0.29, 0.717) is 10.0 Å². The zero-order valence-corrected chi connectivity index (χ0v) is 14.5. The molecule has 114 valence electrons. The molecule has 3 nitrogen and oxygen atoms in total. The quantitative estimate of drug-likeness (QED) is 0.721. The summed E-state index contributed by atoms with van der Waals surface area (Å²) >= 11 is 22.9. The van der Waals surface area contributed by atoms with E-state index in [-0.39, 0.29) is 15.7 Å². The number of halogens is 3. The summed E-state index contributed by atoms with van der Waals surface area (Å²) in [6.45, 7) is 1.90. The van der Waals surface area contributed by atoms with Crippen molar-refractivity contribution in [3.63, 3.8) is 0 Å². The fourth-order valence-electron chi connectivity index (χ4n) is 1.73. The van der Waals surface area contributed by atoms with E-state index in [9.17, 15) is 4.79 Å². The number of benzene rings is 2. The number of thiocarbonyl (C=S) groups is 1. The second-order valence-electron chi connectivity index (χ2n) is 4.49. The first-order chi connectivity index (χ1) is 10.4. The summed E-state index contributed by atoms with van der Waals surface area (Å²) in [6.07, 6.45) is 0. The predicted molar refractivity (Wildman–Crippen MR) is 96.3 cm³/mol. The highest BCUT2D eigenvalue weighted by Gasteiger charge is 2.12. The van der Waals surface area contributed by atoms with Crippen LogP contribution >= 0.6 is 47.0 Å². The Labute approximate surface area is 148 Å². The Morgan fingerprint density at radius 3 is 2.36 bits per heavy atom. The molecule has 0 bridgehead atoms.